The quantitative estimate of drug-likeness (QED) is 0.780. The lowest BCUT2D eigenvalue weighted by Crippen LogP contribution is -2.43. The Morgan fingerprint density at radius 1 is 1.47 bits per heavy atom. The van der Waals surface area contributed by atoms with Gasteiger partial charge in [0.25, 0.3) is 0 Å². The number of nitrogens with zero attached hydrogens (tertiary/aromatic N) is 2. The molecule has 1 saturated heterocycles. The number of ether oxygens (including phenoxy) is 1. The van der Waals surface area contributed by atoms with Gasteiger partial charge in [0.05, 0.1) is 19.3 Å². The van der Waals surface area contributed by atoms with E-state index in [-0.39, 0.29) is 11.9 Å². The second-order valence-electron chi connectivity index (χ2n) is 5.37. The Bertz CT molecular complexity index is 465. The molecule has 0 N–H and O–H groups in total. The van der Waals surface area contributed by atoms with Crippen LogP contribution in [0.2, 0.25) is 0 Å². The summed E-state index contributed by atoms with van der Waals surface area (Å²) in [5, 5.41) is 0. The van der Waals surface area contributed by atoms with E-state index >= 15 is 0 Å². The van der Waals surface area contributed by atoms with Crippen LogP contribution in [-0.4, -0.2) is 47.6 Å². The number of hydrogen-bond acceptors (Lipinski definition) is 3. The SMILES string of the molecule is CCn1c(C)cc(C(=O)CN2CCOC(C)C2)c1C. The number of aryl methyl sites for hydroxylation is 1. The Morgan fingerprint density at radius 2 is 2.21 bits per heavy atom. The maximum Gasteiger partial charge on any atom is 0.178 e. The molecular formula is C15H24N2O2. The first-order valence-corrected chi connectivity index (χ1v) is 7.06. The number of carbonyl (C=O) groups excluding carboxylic acids is 1. The van der Waals surface area contributed by atoms with Gasteiger partial charge in [0.15, 0.2) is 5.78 Å². The van der Waals surface area contributed by atoms with E-state index in [1.165, 1.54) is 5.69 Å². The van der Waals surface area contributed by atoms with Crippen LogP contribution in [0.15, 0.2) is 6.07 Å². The third-order valence-corrected chi connectivity index (χ3v) is 3.88. The van der Waals surface area contributed by atoms with Gasteiger partial charge in [-0.3, -0.25) is 9.69 Å². The summed E-state index contributed by atoms with van der Waals surface area (Å²) in [6.45, 7) is 12.1. The Balaban J connectivity index is 2.07. The highest BCUT2D eigenvalue weighted by molar-refractivity contribution is 5.99. The molecule has 0 aliphatic carbocycles. The van der Waals surface area contributed by atoms with Crippen molar-refractivity contribution in [1.29, 1.82) is 0 Å². The van der Waals surface area contributed by atoms with Crippen molar-refractivity contribution in [2.24, 2.45) is 0 Å². The number of Topliss-reactive ketones (excluding diaryl/α,β-unsaturated/α-hetero) is 1. The number of carbonyl (C=O) groups is 1. The fraction of sp³-hybridized carbons (Fsp3) is 0.667. The summed E-state index contributed by atoms with van der Waals surface area (Å²) in [7, 11) is 0. The summed E-state index contributed by atoms with van der Waals surface area (Å²) in [4.78, 5) is 14.6. The lowest BCUT2D eigenvalue weighted by molar-refractivity contribution is -0.0158. The first-order valence-electron chi connectivity index (χ1n) is 7.06. The topological polar surface area (TPSA) is 34.5 Å². The third kappa shape index (κ3) is 3.07. The first kappa shape index (κ1) is 14.3. The van der Waals surface area contributed by atoms with E-state index < -0.39 is 0 Å². The molecule has 19 heavy (non-hydrogen) atoms. The monoisotopic (exact) mass is 264 g/mol. The molecule has 4 heteroatoms. The van der Waals surface area contributed by atoms with E-state index in [0.29, 0.717) is 6.54 Å². The molecule has 1 aliphatic heterocycles. The molecule has 1 fully saturated rings. The van der Waals surface area contributed by atoms with Crippen LogP contribution in [0.25, 0.3) is 0 Å². The van der Waals surface area contributed by atoms with Crippen molar-refractivity contribution in [3.8, 4) is 0 Å². The van der Waals surface area contributed by atoms with Crippen LogP contribution < -0.4 is 0 Å². The number of rotatable bonds is 4. The fourth-order valence-electron chi connectivity index (χ4n) is 2.89. The predicted octanol–water partition coefficient (Wildman–Crippen LogP) is 2.03. The highest BCUT2D eigenvalue weighted by Gasteiger charge is 2.21. The maximum atomic E-state index is 12.4. The average molecular weight is 264 g/mol. The number of aromatic nitrogens is 1. The van der Waals surface area contributed by atoms with Crippen molar-refractivity contribution in [1.82, 2.24) is 9.47 Å². The van der Waals surface area contributed by atoms with Crippen molar-refractivity contribution in [3.05, 3.63) is 23.0 Å². The summed E-state index contributed by atoms with van der Waals surface area (Å²) >= 11 is 0. The summed E-state index contributed by atoms with van der Waals surface area (Å²) in [5.41, 5.74) is 3.13. The molecule has 0 radical (unpaired) electrons. The molecule has 1 aromatic heterocycles. The number of ketones is 1. The van der Waals surface area contributed by atoms with Crippen LogP contribution in [0.5, 0.6) is 0 Å². The van der Waals surface area contributed by atoms with E-state index in [9.17, 15) is 4.79 Å². The molecule has 1 aromatic rings. The van der Waals surface area contributed by atoms with E-state index in [1.54, 1.807) is 0 Å². The molecule has 0 bridgehead atoms. The molecule has 1 atom stereocenters. The highest BCUT2D eigenvalue weighted by Crippen LogP contribution is 2.16. The normalized spacial score (nSPS) is 20.7. The van der Waals surface area contributed by atoms with Crippen LogP contribution in [0.3, 0.4) is 0 Å². The van der Waals surface area contributed by atoms with Crippen molar-refractivity contribution in [3.63, 3.8) is 0 Å². The van der Waals surface area contributed by atoms with Crippen molar-refractivity contribution < 1.29 is 9.53 Å². The van der Waals surface area contributed by atoms with E-state index in [0.717, 1.165) is 37.5 Å². The fourth-order valence-corrected chi connectivity index (χ4v) is 2.89. The smallest absolute Gasteiger partial charge is 0.178 e. The van der Waals surface area contributed by atoms with Crippen molar-refractivity contribution in [2.45, 2.75) is 40.3 Å². The second kappa shape index (κ2) is 5.88. The molecule has 0 spiro atoms. The van der Waals surface area contributed by atoms with Crippen LogP contribution in [0, 0.1) is 13.8 Å². The van der Waals surface area contributed by atoms with Gasteiger partial charge >= 0.3 is 0 Å². The molecule has 1 unspecified atom stereocenters. The molecule has 2 heterocycles. The summed E-state index contributed by atoms with van der Waals surface area (Å²) in [6.07, 6.45) is 0.227. The largest absolute Gasteiger partial charge is 0.376 e. The second-order valence-corrected chi connectivity index (χ2v) is 5.37. The zero-order valence-electron chi connectivity index (χ0n) is 12.4. The Kier molecular flexibility index (Phi) is 4.42. The van der Waals surface area contributed by atoms with Gasteiger partial charge < -0.3 is 9.30 Å². The molecule has 0 aromatic carbocycles. The predicted molar refractivity (Wildman–Crippen MR) is 75.8 cm³/mol. The van der Waals surface area contributed by atoms with E-state index in [4.69, 9.17) is 4.74 Å². The van der Waals surface area contributed by atoms with Crippen LogP contribution >= 0.6 is 0 Å². The maximum absolute atomic E-state index is 12.4. The van der Waals surface area contributed by atoms with Gasteiger partial charge in [-0.05, 0) is 33.8 Å². The van der Waals surface area contributed by atoms with E-state index in [2.05, 4.69) is 30.2 Å². The van der Waals surface area contributed by atoms with Gasteiger partial charge in [0.2, 0.25) is 0 Å². The van der Waals surface area contributed by atoms with Gasteiger partial charge in [-0.2, -0.15) is 0 Å². The lowest BCUT2D eigenvalue weighted by Gasteiger charge is -2.30. The molecular weight excluding hydrogens is 240 g/mol. The van der Waals surface area contributed by atoms with Crippen LogP contribution in [0.4, 0.5) is 0 Å². The van der Waals surface area contributed by atoms with Crippen molar-refractivity contribution >= 4 is 5.78 Å². The molecule has 1 aliphatic rings. The molecule has 0 saturated carbocycles. The van der Waals surface area contributed by atoms with Crippen LogP contribution in [-0.2, 0) is 11.3 Å². The summed E-state index contributed by atoms with van der Waals surface area (Å²) in [6, 6.07) is 2.02. The standard InChI is InChI=1S/C15H24N2O2/c1-5-17-11(2)8-14(13(17)4)15(18)10-16-6-7-19-12(3)9-16/h8,12H,5-7,9-10H2,1-4H3. The molecule has 0 amide bonds. The van der Waals surface area contributed by atoms with E-state index in [1.807, 2.05) is 13.0 Å². The van der Waals surface area contributed by atoms with Gasteiger partial charge in [0.1, 0.15) is 0 Å². The average Bonchev–Trinajstić information content (AvgIpc) is 2.64. The summed E-state index contributed by atoms with van der Waals surface area (Å²) in [5.74, 6) is 0.224. The molecule has 2 rings (SSSR count). The lowest BCUT2D eigenvalue weighted by atomic mass is 10.1. The highest BCUT2D eigenvalue weighted by atomic mass is 16.5. The minimum Gasteiger partial charge on any atom is -0.376 e. The minimum absolute atomic E-state index is 0.224. The Labute approximate surface area is 115 Å². The van der Waals surface area contributed by atoms with Gasteiger partial charge in [0, 0.05) is 36.6 Å². The Hall–Kier alpha value is -1.13. The molecule has 4 nitrogen and oxygen atoms in total. The van der Waals surface area contributed by atoms with Gasteiger partial charge in [-0.25, -0.2) is 0 Å². The van der Waals surface area contributed by atoms with Gasteiger partial charge in [-0.15, -0.1) is 0 Å². The Morgan fingerprint density at radius 3 is 2.79 bits per heavy atom. The number of hydrogen-bond donors (Lipinski definition) is 0. The third-order valence-electron chi connectivity index (χ3n) is 3.88. The zero-order chi connectivity index (χ0) is 14.0. The summed E-state index contributed by atoms with van der Waals surface area (Å²) < 4.78 is 7.69. The van der Waals surface area contributed by atoms with Gasteiger partial charge in [-0.1, -0.05) is 0 Å². The van der Waals surface area contributed by atoms with Crippen molar-refractivity contribution in [2.75, 3.05) is 26.2 Å². The zero-order valence-corrected chi connectivity index (χ0v) is 12.4. The molecule has 106 valence electrons. The minimum atomic E-state index is 0.224. The number of morpholine rings is 1. The first-order chi connectivity index (χ1) is 9.02. The van der Waals surface area contributed by atoms with Crippen LogP contribution in [0.1, 0.15) is 35.6 Å².